The largest absolute Gasteiger partial charge is 0.484 e. The summed E-state index contributed by atoms with van der Waals surface area (Å²) in [7, 11) is 0. The van der Waals surface area contributed by atoms with Gasteiger partial charge in [0.25, 0.3) is 0 Å². The minimum atomic E-state index is -4.54. The van der Waals surface area contributed by atoms with Crippen LogP contribution in [0.2, 0.25) is 0 Å². The molecule has 0 saturated heterocycles. The summed E-state index contributed by atoms with van der Waals surface area (Å²) in [6.07, 6.45) is -4.54. The first kappa shape index (κ1) is 17.6. The Morgan fingerprint density at radius 2 is 1.65 bits per heavy atom. The van der Waals surface area contributed by atoms with Gasteiger partial charge in [0.2, 0.25) is 5.95 Å². The van der Waals surface area contributed by atoms with Gasteiger partial charge in [-0.3, -0.25) is 0 Å². The van der Waals surface area contributed by atoms with Crippen molar-refractivity contribution in [2.45, 2.75) is 6.18 Å². The number of rotatable bonds is 4. The maximum atomic E-state index is 13.9. The van der Waals surface area contributed by atoms with Crippen molar-refractivity contribution >= 4 is 5.95 Å². The number of nitrogens with two attached hydrogens (primary N) is 1. The molecule has 0 bridgehead atoms. The molecule has 0 radical (unpaired) electrons. The fraction of sp³-hybridized carbons (Fsp3) is 0.118. The normalized spacial score (nSPS) is 11.4. The fourth-order valence-corrected chi connectivity index (χ4v) is 2.28. The Morgan fingerprint density at radius 1 is 0.923 bits per heavy atom. The second kappa shape index (κ2) is 6.95. The summed E-state index contributed by atoms with van der Waals surface area (Å²) in [4.78, 5) is 4.13. The monoisotopic (exact) mass is 364 g/mol. The van der Waals surface area contributed by atoms with E-state index < -0.39 is 18.6 Å². The molecule has 0 aliphatic carbocycles. The van der Waals surface area contributed by atoms with Crippen molar-refractivity contribution in [1.82, 2.24) is 15.2 Å². The molecule has 134 valence electrons. The first-order valence-electron chi connectivity index (χ1n) is 7.38. The Kier molecular flexibility index (Phi) is 4.70. The Balaban J connectivity index is 2.05. The number of benzene rings is 2. The van der Waals surface area contributed by atoms with Crippen molar-refractivity contribution < 1.29 is 22.3 Å². The van der Waals surface area contributed by atoms with Crippen molar-refractivity contribution in [2.75, 3.05) is 12.3 Å². The molecule has 26 heavy (non-hydrogen) atoms. The van der Waals surface area contributed by atoms with Crippen LogP contribution in [0.1, 0.15) is 0 Å². The van der Waals surface area contributed by atoms with Crippen LogP contribution < -0.4 is 10.5 Å². The molecule has 5 nitrogen and oxygen atoms in total. The Morgan fingerprint density at radius 3 is 2.35 bits per heavy atom. The quantitative estimate of drug-likeness (QED) is 0.712. The van der Waals surface area contributed by atoms with Crippen molar-refractivity contribution in [2.24, 2.45) is 0 Å². The van der Waals surface area contributed by atoms with Crippen LogP contribution in [-0.4, -0.2) is 28.0 Å². The van der Waals surface area contributed by atoms with E-state index >= 15 is 0 Å². The van der Waals surface area contributed by atoms with Gasteiger partial charge in [0.05, 0.1) is 0 Å². The predicted octanol–water partition coefficient (Wildman–Crippen LogP) is 3.87. The smallest absolute Gasteiger partial charge is 0.422 e. The Bertz CT molecular complexity index is 916. The second-order valence-electron chi connectivity index (χ2n) is 5.31. The van der Waals surface area contributed by atoms with Gasteiger partial charge in [0.1, 0.15) is 23.0 Å². The molecule has 0 aliphatic heterocycles. The molecule has 3 rings (SSSR count). The highest BCUT2D eigenvalue weighted by Gasteiger charge is 2.28. The average molecular weight is 364 g/mol. The van der Waals surface area contributed by atoms with E-state index in [1.807, 2.05) is 0 Å². The number of halogens is 4. The lowest BCUT2D eigenvalue weighted by atomic mass is 10.0. The minimum Gasteiger partial charge on any atom is -0.484 e. The van der Waals surface area contributed by atoms with E-state index in [4.69, 9.17) is 5.73 Å². The van der Waals surface area contributed by atoms with Crippen molar-refractivity contribution in [3.63, 3.8) is 0 Å². The number of hydrogen-bond acceptors (Lipinski definition) is 5. The van der Waals surface area contributed by atoms with Crippen LogP contribution in [0.25, 0.3) is 22.5 Å². The number of hydrogen-bond donors (Lipinski definition) is 1. The van der Waals surface area contributed by atoms with Crippen molar-refractivity contribution in [3.8, 4) is 28.3 Å². The van der Waals surface area contributed by atoms with Gasteiger partial charge in [-0.1, -0.05) is 30.3 Å². The Hall–Kier alpha value is -3.23. The summed E-state index contributed by atoms with van der Waals surface area (Å²) in [6.45, 7) is -1.53. The summed E-state index contributed by atoms with van der Waals surface area (Å²) < 4.78 is 55.5. The van der Waals surface area contributed by atoms with Crippen LogP contribution in [0.5, 0.6) is 5.75 Å². The third kappa shape index (κ3) is 4.24. The van der Waals surface area contributed by atoms with Crippen molar-refractivity contribution in [1.29, 1.82) is 0 Å². The maximum absolute atomic E-state index is 13.9. The molecule has 0 aliphatic rings. The van der Waals surface area contributed by atoms with Gasteiger partial charge >= 0.3 is 6.18 Å². The van der Waals surface area contributed by atoms with Gasteiger partial charge in [0.15, 0.2) is 6.61 Å². The number of nitrogens with zero attached hydrogens (tertiary/aromatic N) is 3. The van der Waals surface area contributed by atoms with Crippen LogP contribution in [0.4, 0.5) is 23.5 Å². The highest BCUT2D eigenvalue weighted by Crippen LogP contribution is 2.32. The molecular formula is C17H12F4N4O. The summed E-state index contributed by atoms with van der Waals surface area (Å²) in [6, 6.07) is 12.0. The molecule has 0 amide bonds. The number of ether oxygens (including phenoxy) is 1. The summed E-state index contributed by atoms with van der Waals surface area (Å²) in [5.74, 6) is -1.15. The lowest BCUT2D eigenvalue weighted by Gasteiger charge is -2.12. The predicted molar refractivity (Wildman–Crippen MR) is 86.6 cm³/mol. The molecule has 2 N–H and O–H groups in total. The highest BCUT2D eigenvalue weighted by atomic mass is 19.4. The van der Waals surface area contributed by atoms with E-state index in [-0.39, 0.29) is 23.0 Å². The molecule has 0 atom stereocenters. The summed E-state index contributed by atoms with van der Waals surface area (Å²) in [5, 5.41) is 7.59. The third-order valence-corrected chi connectivity index (χ3v) is 3.30. The van der Waals surface area contributed by atoms with Gasteiger partial charge in [-0.2, -0.15) is 13.2 Å². The third-order valence-electron chi connectivity index (χ3n) is 3.30. The molecule has 3 aromatic rings. The number of aromatic nitrogens is 3. The van der Waals surface area contributed by atoms with Gasteiger partial charge in [-0.25, -0.2) is 9.37 Å². The van der Waals surface area contributed by atoms with E-state index in [2.05, 4.69) is 19.9 Å². The molecule has 2 aromatic carbocycles. The number of nitrogen functional groups attached to an aromatic ring is 1. The first-order chi connectivity index (χ1) is 12.3. The zero-order valence-electron chi connectivity index (χ0n) is 13.2. The van der Waals surface area contributed by atoms with E-state index in [0.29, 0.717) is 11.3 Å². The van der Waals surface area contributed by atoms with E-state index in [0.717, 1.165) is 12.1 Å². The molecule has 0 saturated carbocycles. The van der Waals surface area contributed by atoms with Crippen LogP contribution in [0.15, 0.2) is 48.5 Å². The zero-order valence-corrected chi connectivity index (χ0v) is 13.2. The van der Waals surface area contributed by atoms with E-state index in [1.54, 1.807) is 30.3 Å². The van der Waals surface area contributed by atoms with Gasteiger partial charge in [-0.05, 0) is 12.1 Å². The lowest BCUT2D eigenvalue weighted by Crippen LogP contribution is -2.19. The molecule has 0 spiro atoms. The van der Waals surface area contributed by atoms with Gasteiger partial charge in [-0.15, -0.1) is 10.2 Å². The molecule has 0 fully saturated rings. The zero-order chi connectivity index (χ0) is 18.7. The average Bonchev–Trinajstić information content (AvgIpc) is 2.59. The van der Waals surface area contributed by atoms with Gasteiger partial charge < -0.3 is 10.5 Å². The van der Waals surface area contributed by atoms with E-state index in [9.17, 15) is 17.6 Å². The second-order valence-corrected chi connectivity index (χ2v) is 5.31. The summed E-state index contributed by atoms with van der Waals surface area (Å²) >= 11 is 0. The first-order valence-corrected chi connectivity index (χ1v) is 7.38. The maximum Gasteiger partial charge on any atom is 0.422 e. The van der Waals surface area contributed by atoms with Crippen LogP contribution in [0.3, 0.4) is 0 Å². The molecule has 1 aromatic heterocycles. The number of anilines is 1. The molecular weight excluding hydrogens is 352 g/mol. The van der Waals surface area contributed by atoms with Gasteiger partial charge in [0, 0.05) is 17.2 Å². The minimum absolute atomic E-state index is 0.0856. The molecule has 0 unspecified atom stereocenters. The topological polar surface area (TPSA) is 73.9 Å². The van der Waals surface area contributed by atoms with E-state index in [1.165, 1.54) is 6.07 Å². The Labute approximate surface area is 145 Å². The fourth-order valence-electron chi connectivity index (χ4n) is 2.28. The SMILES string of the molecule is Nc1nnc(-c2cc(F)cc(OCC(F)(F)F)c2)c(-c2ccccc2)n1. The lowest BCUT2D eigenvalue weighted by molar-refractivity contribution is -0.153. The van der Waals surface area contributed by atoms with Crippen LogP contribution in [0, 0.1) is 5.82 Å². The molecule has 1 heterocycles. The number of alkyl halides is 3. The molecule has 9 heteroatoms. The highest BCUT2D eigenvalue weighted by molar-refractivity contribution is 5.78. The standard InChI is InChI=1S/C17H12F4N4O/c18-12-6-11(7-13(8-12)26-9-17(19,20)21)15-14(23-16(22)25-24-15)10-4-2-1-3-5-10/h1-8H,9H2,(H2,22,23,25). The summed E-state index contributed by atoms with van der Waals surface area (Å²) in [5.41, 5.74) is 6.89. The van der Waals surface area contributed by atoms with Crippen molar-refractivity contribution in [3.05, 3.63) is 54.3 Å². The van der Waals surface area contributed by atoms with Crippen LogP contribution in [-0.2, 0) is 0 Å². The van der Waals surface area contributed by atoms with Crippen LogP contribution >= 0.6 is 0 Å².